The molecule has 0 fully saturated rings. The van der Waals surface area contributed by atoms with Crippen LogP contribution in [0.5, 0.6) is 0 Å². The number of allylic oxidation sites excluding steroid dienone is 7. The molecule has 0 saturated carbocycles. The van der Waals surface area contributed by atoms with Crippen molar-refractivity contribution in [3.63, 3.8) is 0 Å². The van der Waals surface area contributed by atoms with Gasteiger partial charge in [-0.2, -0.15) is 0 Å². The Kier molecular flexibility index (Phi) is 69.4. The van der Waals surface area contributed by atoms with Crippen molar-refractivity contribution in [2.75, 3.05) is 13.2 Å². The zero-order chi connectivity index (χ0) is 59.2. The van der Waals surface area contributed by atoms with Gasteiger partial charge in [-0.3, -0.25) is 9.59 Å². The summed E-state index contributed by atoms with van der Waals surface area (Å²) in [5.41, 5.74) is 0. The van der Waals surface area contributed by atoms with Crippen LogP contribution in [0.15, 0.2) is 48.6 Å². The number of hydrogen-bond acceptors (Lipinski definition) is 5. The number of carbonyl (C=O) groups excluding carboxylic acids is 2. The van der Waals surface area contributed by atoms with Gasteiger partial charge in [0.2, 0.25) is 5.91 Å². The summed E-state index contributed by atoms with van der Waals surface area (Å²) in [5.74, 6) is -0.0677. The Morgan fingerprint density at radius 1 is 0.341 bits per heavy atom. The number of unbranched alkanes of at least 4 members (excludes halogenated alkanes) is 52. The molecule has 0 aromatic heterocycles. The number of esters is 1. The standard InChI is InChI=1S/C76H143NO5/c1-3-5-7-9-11-13-15-17-19-21-23-24-25-26-27-29-33-36-40-44-48-52-56-60-64-68-74(79)73(72-78)77-75(80)69-65-61-57-53-49-45-41-37-34-30-28-31-35-39-43-47-51-55-59-63-67-71-82-76(81)70-66-62-58-54-50-46-42-38-32-22-20-18-16-14-12-10-8-6-4-2/h12,14,18,20,30,34,64,68,73-74,78-79H,3-11,13,15-17,19,21-29,31-33,35-63,65-67,69-72H2,1-2H3,(H,77,80)/b14-12-,20-18-,34-30-,68-64+. The van der Waals surface area contributed by atoms with Crippen molar-refractivity contribution in [1.82, 2.24) is 5.32 Å². The molecule has 0 aromatic carbocycles. The molecule has 0 radical (unpaired) electrons. The van der Waals surface area contributed by atoms with Crippen LogP contribution in [0.4, 0.5) is 0 Å². The largest absolute Gasteiger partial charge is 0.466 e. The maximum atomic E-state index is 12.5. The van der Waals surface area contributed by atoms with Crippen LogP contribution in [0.25, 0.3) is 0 Å². The Bertz CT molecular complexity index is 1370. The average molecular weight is 1150 g/mol. The van der Waals surface area contributed by atoms with Gasteiger partial charge in [-0.25, -0.2) is 0 Å². The van der Waals surface area contributed by atoms with Crippen molar-refractivity contribution < 1.29 is 24.5 Å². The fraction of sp³-hybridized carbons (Fsp3) is 0.868. The molecule has 0 aromatic rings. The maximum absolute atomic E-state index is 12.5. The van der Waals surface area contributed by atoms with Gasteiger partial charge in [0.15, 0.2) is 0 Å². The first-order valence-electron chi connectivity index (χ1n) is 36.9. The van der Waals surface area contributed by atoms with Crippen LogP contribution in [-0.2, 0) is 14.3 Å². The molecule has 0 spiro atoms. The van der Waals surface area contributed by atoms with Crippen LogP contribution >= 0.6 is 0 Å². The summed E-state index contributed by atoms with van der Waals surface area (Å²) in [6.07, 6.45) is 93.4. The SMILES string of the molecule is CCCCC/C=C\C/C=C\CCCCCCCCCCCC(=O)OCCCCCCCCCCCC/C=C\CCCCCCCCCC(=O)NC(CO)C(O)/C=C/CCCCCCCCCCCCCCCCCCCCCCCCC. The Hall–Kier alpha value is -2.18. The van der Waals surface area contributed by atoms with Gasteiger partial charge in [0.1, 0.15) is 0 Å². The summed E-state index contributed by atoms with van der Waals surface area (Å²) in [4.78, 5) is 24.7. The molecule has 1 amide bonds. The molecule has 0 aliphatic carbocycles. The molecular weight excluding hydrogens is 1010 g/mol. The molecule has 6 nitrogen and oxygen atoms in total. The van der Waals surface area contributed by atoms with Gasteiger partial charge in [0.05, 0.1) is 25.4 Å². The first-order valence-corrected chi connectivity index (χ1v) is 36.9. The molecule has 82 heavy (non-hydrogen) atoms. The highest BCUT2D eigenvalue weighted by Crippen LogP contribution is 2.18. The van der Waals surface area contributed by atoms with Crippen molar-refractivity contribution in [3.05, 3.63) is 48.6 Å². The molecule has 0 aliphatic heterocycles. The smallest absolute Gasteiger partial charge is 0.305 e. The van der Waals surface area contributed by atoms with E-state index in [-0.39, 0.29) is 18.5 Å². The van der Waals surface area contributed by atoms with Crippen molar-refractivity contribution in [3.8, 4) is 0 Å². The van der Waals surface area contributed by atoms with Crippen LogP contribution in [0.1, 0.15) is 399 Å². The first-order chi connectivity index (χ1) is 40.5. The third-order valence-electron chi connectivity index (χ3n) is 17.1. The summed E-state index contributed by atoms with van der Waals surface area (Å²) in [7, 11) is 0. The molecule has 2 atom stereocenters. The topological polar surface area (TPSA) is 95.9 Å². The molecule has 3 N–H and O–H groups in total. The van der Waals surface area contributed by atoms with E-state index in [1.165, 1.54) is 315 Å². The maximum Gasteiger partial charge on any atom is 0.305 e. The Balaban J connectivity index is 3.44. The number of aliphatic hydroxyl groups is 2. The minimum absolute atomic E-state index is 0.00436. The van der Waals surface area contributed by atoms with E-state index in [0.29, 0.717) is 19.4 Å². The van der Waals surface area contributed by atoms with Crippen LogP contribution in [0, 0.1) is 0 Å². The van der Waals surface area contributed by atoms with Gasteiger partial charge < -0.3 is 20.3 Å². The number of ether oxygens (including phenoxy) is 1. The van der Waals surface area contributed by atoms with E-state index in [9.17, 15) is 19.8 Å². The molecule has 6 heteroatoms. The Morgan fingerprint density at radius 2 is 0.610 bits per heavy atom. The van der Waals surface area contributed by atoms with E-state index >= 15 is 0 Å². The van der Waals surface area contributed by atoms with Crippen LogP contribution < -0.4 is 5.32 Å². The van der Waals surface area contributed by atoms with Crippen molar-refractivity contribution in [2.24, 2.45) is 0 Å². The van der Waals surface area contributed by atoms with E-state index in [4.69, 9.17) is 4.74 Å². The number of aliphatic hydroxyl groups excluding tert-OH is 2. The molecule has 2 unspecified atom stereocenters. The lowest BCUT2D eigenvalue weighted by Gasteiger charge is -2.20. The third kappa shape index (κ3) is 67.0. The van der Waals surface area contributed by atoms with E-state index in [1.54, 1.807) is 6.08 Å². The number of rotatable bonds is 69. The quantitative estimate of drug-likeness (QED) is 0.0320. The molecular formula is C76H143NO5. The van der Waals surface area contributed by atoms with Gasteiger partial charge in [-0.15, -0.1) is 0 Å². The molecule has 0 rings (SSSR count). The minimum atomic E-state index is -0.852. The second kappa shape index (κ2) is 71.3. The van der Waals surface area contributed by atoms with Gasteiger partial charge in [-0.1, -0.05) is 345 Å². The number of amides is 1. The fourth-order valence-corrected chi connectivity index (χ4v) is 11.4. The highest BCUT2D eigenvalue weighted by atomic mass is 16.5. The fourth-order valence-electron chi connectivity index (χ4n) is 11.4. The zero-order valence-corrected chi connectivity index (χ0v) is 55.2. The molecule has 0 bridgehead atoms. The second-order valence-corrected chi connectivity index (χ2v) is 25.3. The average Bonchev–Trinajstić information content (AvgIpc) is 3.48. The lowest BCUT2D eigenvalue weighted by Crippen LogP contribution is -2.45. The highest BCUT2D eigenvalue weighted by molar-refractivity contribution is 5.76. The third-order valence-corrected chi connectivity index (χ3v) is 17.1. The normalized spacial score (nSPS) is 12.8. The number of carbonyl (C=O) groups is 2. The predicted molar refractivity (Wildman–Crippen MR) is 361 cm³/mol. The molecule has 0 saturated heterocycles. The van der Waals surface area contributed by atoms with E-state index in [1.807, 2.05) is 6.08 Å². The van der Waals surface area contributed by atoms with Gasteiger partial charge in [0, 0.05) is 12.8 Å². The monoisotopic (exact) mass is 1150 g/mol. The Labute approximate surface area is 512 Å². The number of nitrogens with one attached hydrogen (secondary N) is 1. The summed E-state index contributed by atoms with van der Waals surface area (Å²) in [5, 5.41) is 23.3. The van der Waals surface area contributed by atoms with E-state index in [0.717, 1.165) is 57.8 Å². The summed E-state index contributed by atoms with van der Waals surface area (Å²) in [6, 6.07) is -0.636. The molecule has 0 aliphatic rings. The van der Waals surface area contributed by atoms with Crippen molar-refractivity contribution >= 4 is 11.9 Å². The molecule has 0 heterocycles. The highest BCUT2D eigenvalue weighted by Gasteiger charge is 2.18. The van der Waals surface area contributed by atoms with Gasteiger partial charge in [-0.05, 0) is 89.9 Å². The van der Waals surface area contributed by atoms with Gasteiger partial charge >= 0.3 is 5.97 Å². The lowest BCUT2D eigenvalue weighted by atomic mass is 10.0. The second-order valence-electron chi connectivity index (χ2n) is 25.3. The van der Waals surface area contributed by atoms with Crippen molar-refractivity contribution in [2.45, 2.75) is 411 Å². The number of hydrogen-bond donors (Lipinski definition) is 3. The zero-order valence-electron chi connectivity index (χ0n) is 55.2. The first kappa shape index (κ1) is 79.8. The minimum Gasteiger partial charge on any atom is -0.466 e. The van der Waals surface area contributed by atoms with Crippen LogP contribution in [-0.4, -0.2) is 47.4 Å². The van der Waals surface area contributed by atoms with Crippen molar-refractivity contribution in [1.29, 1.82) is 0 Å². The molecule has 482 valence electrons. The summed E-state index contributed by atoms with van der Waals surface area (Å²) >= 11 is 0. The lowest BCUT2D eigenvalue weighted by molar-refractivity contribution is -0.143. The summed E-state index contributed by atoms with van der Waals surface area (Å²) < 4.78 is 5.50. The van der Waals surface area contributed by atoms with Crippen LogP contribution in [0.3, 0.4) is 0 Å². The van der Waals surface area contributed by atoms with E-state index in [2.05, 4.69) is 55.6 Å². The van der Waals surface area contributed by atoms with Gasteiger partial charge in [0.25, 0.3) is 0 Å². The summed E-state index contributed by atoms with van der Waals surface area (Å²) in [6.45, 7) is 4.90. The predicted octanol–water partition coefficient (Wildman–Crippen LogP) is 24.0. The van der Waals surface area contributed by atoms with E-state index < -0.39 is 12.1 Å². The van der Waals surface area contributed by atoms with Crippen LogP contribution in [0.2, 0.25) is 0 Å². The Morgan fingerprint density at radius 3 is 0.963 bits per heavy atom.